The number of nitrogens with one attached hydrogen (secondary N) is 1. The molecule has 0 aliphatic carbocycles. The molecule has 0 heterocycles. The molecular weight excluding hydrogens is 294 g/mol. The van der Waals surface area contributed by atoms with Gasteiger partial charge in [-0.1, -0.05) is 24.6 Å². The number of carbonyl (C=O) groups excluding carboxylic acids is 1. The van der Waals surface area contributed by atoms with Crippen LogP contribution in [0.25, 0.3) is 0 Å². The second kappa shape index (κ2) is 6.80. The van der Waals surface area contributed by atoms with Crippen LogP contribution in [0.15, 0.2) is 18.2 Å². The third-order valence-electron chi connectivity index (χ3n) is 2.73. The summed E-state index contributed by atoms with van der Waals surface area (Å²) in [4.78, 5) is 22.9. The third kappa shape index (κ3) is 5.27. The Kier molecular flexibility index (Phi) is 5.61. The molecule has 1 unspecified atom stereocenters. The Morgan fingerprint density at radius 1 is 1.38 bits per heavy atom. The molecular formula is C15H20ClNO4. The molecule has 5 nitrogen and oxygen atoms in total. The number of rotatable bonds is 4. The second-order valence-electron chi connectivity index (χ2n) is 5.67. The van der Waals surface area contributed by atoms with E-state index >= 15 is 0 Å². The van der Waals surface area contributed by atoms with Gasteiger partial charge < -0.3 is 9.84 Å². The van der Waals surface area contributed by atoms with Crippen molar-refractivity contribution in [2.45, 2.75) is 45.6 Å². The normalized spacial score (nSPS) is 12.6. The van der Waals surface area contributed by atoms with Gasteiger partial charge in [0.25, 0.3) is 0 Å². The highest BCUT2D eigenvalue weighted by molar-refractivity contribution is 6.33. The first-order valence-corrected chi connectivity index (χ1v) is 7.04. The monoisotopic (exact) mass is 313 g/mol. The summed E-state index contributed by atoms with van der Waals surface area (Å²) in [5.74, 6) is -1.55. The molecule has 116 valence electrons. The van der Waals surface area contributed by atoms with Crippen molar-refractivity contribution in [3.8, 4) is 0 Å². The average molecular weight is 314 g/mol. The molecule has 0 bridgehead atoms. The van der Waals surface area contributed by atoms with Gasteiger partial charge >= 0.3 is 12.1 Å². The Balaban J connectivity index is 2.97. The molecule has 6 heteroatoms. The fourth-order valence-electron chi connectivity index (χ4n) is 1.82. The number of benzene rings is 1. The molecule has 21 heavy (non-hydrogen) atoms. The Morgan fingerprint density at radius 3 is 2.48 bits per heavy atom. The molecule has 1 atom stereocenters. The quantitative estimate of drug-likeness (QED) is 0.870. The van der Waals surface area contributed by atoms with Gasteiger partial charge in [-0.25, -0.2) is 4.79 Å². The summed E-state index contributed by atoms with van der Waals surface area (Å²) >= 11 is 6.02. The number of aliphatic carboxylic acids is 1. The molecule has 0 saturated carbocycles. The minimum atomic E-state index is -0.914. The van der Waals surface area contributed by atoms with Gasteiger partial charge in [0.2, 0.25) is 0 Å². The fraction of sp³-hybridized carbons (Fsp3) is 0.467. The van der Waals surface area contributed by atoms with Crippen LogP contribution in [0.4, 0.5) is 10.5 Å². The SMILES string of the molecule is CCC(C(=O)O)c1ccc(Cl)c(NC(=O)OC(C)(C)C)c1. The molecule has 0 aliphatic rings. The maximum absolute atomic E-state index is 11.8. The van der Waals surface area contributed by atoms with Crippen molar-refractivity contribution in [3.05, 3.63) is 28.8 Å². The van der Waals surface area contributed by atoms with E-state index in [0.29, 0.717) is 22.7 Å². The highest BCUT2D eigenvalue weighted by Crippen LogP contribution is 2.29. The number of carboxylic acid groups (broad SMARTS) is 1. The molecule has 0 spiro atoms. The van der Waals surface area contributed by atoms with Crippen molar-refractivity contribution in [2.24, 2.45) is 0 Å². The molecule has 1 rings (SSSR count). The summed E-state index contributed by atoms with van der Waals surface area (Å²) in [7, 11) is 0. The van der Waals surface area contributed by atoms with E-state index < -0.39 is 23.6 Å². The Bertz CT molecular complexity index is 537. The van der Waals surface area contributed by atoms with Crippen molar-refractivity contribution in [1.82, 2.24) is 0 Å². The number of halogens is 1. The van der Waals surface area contributed by atoms with Gasteiger partial charge in [-0.15, -0.1) is 0 Å². The summed E-state index contributed by atoms with van der Waals surface area (Å²) in [6.45, 7) is 7.04. The first-order valence-electron chi connectivity index (χ1n) is 6.66. The van der Waals surface area contributed by atoms with Gasteiger partial charge in [-0.2, -0.15) is 0 Å². The maximum atomic E-state index is 11.8. The lowest BCUT2D eigenvalue weighted by atomic mass is 9.96. The van der Waals surface area contributed by atoms with E-state index in [1.165, 1.54) is 0 Å². The van der Waals surface area contributed by atoms with Crippen LogP contribution in [0.1, 0.15) is 45.6 Å². The number of carbonyl (C=O) groups is 2. The lowest BCUT2D eigenvalue weighted by molar-refractivity contribution is -0.138. The number of hydrogen-bond donors (Lipinski definition) is 2. The Labute approximate surface area is 129 Å². The van der Waals surface area contributed by atoms with Gasteiger partial charge in [0.15, 0.2) is 0 Å². The van der Waals surface area contributed by atoms with E-state index in [4.69, 9.17) is 16.3 Å². The van der Waals surface area contributed by atoms with Crippen LogP contribution in [-0.2, 0) is 9.53 Å². The summed E-state index contributed by atoms with van der Waals surface area (Å²) in [6, 6.07) is 4.77. The molecule has 0 fully saturated rings. The van der Waals surface area contributed by atoms with Crippen molar-refractivity contribution >= 4 is 29.4 Å². The largest absolute Gasteiger partial charge is 0.481 e. The first kappa shape index (κ1) is 17.3. The molecule has 0 aliphatic heterocycles. The number of carboxylic acids is 1. The minimum absolute atomic E-state index is 0.324. The fourth-order valence-corrected chi connectivity index (χ4v) is 1.99. The van der Waals surface area contributed by atoms with Crippen molar-refractivity contribution in [2.75, 3.05) is 5.32 Å². The molecule has 0 saturated heterocycles. The van der Waals surface area contributed by atoms with E-state index in [9.17, 15) is 14.7 Å². The van der Waals surface area contributed by atoms with E-state index in [0.717, 1.165) is 0 Å². The van der Waals surface area contributed by atoms with Crippen LogP contribution in [0.3, 0.4) is 0 Å². The minimum Gasteiger partial charge on any atom is -0.481 e. The van der Waals surface area contributed by atoms with Gasteiger partial charge in [-0.05, 0) is 44.9 Å². The molecule has 1 aromatic carbocycles. The first-order chi connectivity index (χ1) is 9.64. The highest BCUT2D eigenvalue weighted by Gasteiger charge is 2.20. The van der Waals surface area contributed by atoms with Crippen molar-refractivity contribution < 1.29 is 19.4 Å². The van der Waals surface area contributed by atoms with Crippen LogP contribution < -0.4 is 5.32 Å². The number of hydrogen-bond acceptors (Lipinski definition) is 3. The summed E-state index contributed by atoms with van der Waals surface area (Å²) in [5, 5.41) is 12.0. The Morgan fingerprint density at radius 2 is 2.00 bits per heavy atom. The highest BCUT2D eigenvalue weighted by atomic mass is 35.5. The van der Waals surface area contributed by atoms with Crippen LogP contribution in [-0.4, -0.2) is 22.8 Å². The number of anilines is 1. The van der Waals surface area contributed by atoms with Crippen LogP contribution >= 0.6 is 11.6 Å². The topological polar surface area (TPSA) is 75.6 Å². The van der Waals surface area contributed by atoms with Gasteiger partial charge in [-0.3, -0.25) is 10.1 Å². The zero-order chi connectivity index (χ0) is 16.2. The zero-order valence-electron chi connectivity index (χ0n) is 12.6. The van der Waals surface area contributed by atoms with Crippen molar-refractivity contribution in [1.29, 1.82) is 0 Å². The lowest BCUT2D eigenvalue weighted by Gasteiger charge is -2.20. The molecule has 0 radical (unpaired) electrons. The molecule has 0 aromatic heterocycles. The average Bonchev–Trinajstić information content (AvgIpc) is 2.31. The molecule has 2 N–H and O–H groups in total. The third-order valence-corrected chi connectivity index (χ3v) is 3.06. The second-order valence-corrected chi connectivity index (χ2v) is 6.07. The van der Waals surface area contributed by atoms with E-state index in [-0.39, 0.29) is 0 Å². The summed E-state index contributed by atoms with van der Waals surface area (Å²) < 4.78 is 5.15. The van der Waals surface area contributed by atoms with E-state index in [1.54, 1.807) is 45.9 Å². The van der Waals surface area contributed by atoms with Gasteiger partial charge in [0.1, 0.15) is 5.60 Å². The van der Waals surface area contributed by atoms with Crippen LogP contribution in [0.2, 0.25) is 5.02 Å². The van der Waals surface area contributed by atoms with Crippen LogP contribution in [0.5, 0.6) is 0 Å². The smallest absolute Gasteiger partial charge is 0.412 e. The van der Waals surface area contributed by atoms with Gasteiger partial charge in [0, 0.05) is 0 Å². The lowest BCUT2D eigenvalue weighted by Crippen LogP contribution is -2.27. The predicted octanol–water partition coefficient (Wildman–Crippen LogP) is 4.27. The summed E-state index contributed by atoms with van der Waals surface area (Å²) in [5.41, 5.74) is 0.296. The van der Waals surface area contributed by atoms with E-state index in [2.05, 4.69) is 5.32 Å². The summed E-state index contributed by atoms with van der Waals surface area (Å²) in [6.07, 6.45) is -0.187. The standard InChI is InChI=1S/C15H20ClNO4/c1-5-10(13(18)19)9-6-7-11(16)12(8-9)17-14(20)21-15(2,3)4/h6-8,10H,5H2,1-4H3,(H,17,20)(H,18,19). The van der Waals surface area contributed by atoms with Gasteiger partial charge in [0.05, 0.1) is 16.6 Å². The maximum Gasteiger partial charge on any atom is 0.412 e. The molecule has 1 amide bonds. The van der Waals surface area contributed by atoms with Crippen molar-refractivity contribution in [3.63, 3.8) is 0 Å². The van der Waals surface area contributed by atoms with E-state index in [1.807, 2.05) is 0 Å². The molecule has 1 aromatic rings. The predicted molar refractivity (Wildman–Crippen MR) is 82.0 cm³/mol. The van der Waals surface area contributed by atoms with Crippen LogP contribution in [0, 0.1) is 0 Å². The zero-order valence-corrected chi connectivity index (χ0v) is 13.3. The number of ether oxygens (including phenoxy) is 1. The number of amides is 1. The Hall–Kier alpha value is -1.75.